The number of hydrogen-bond donors (Lipinski definition) is 1. The molecule has 0 amide bonds. The molecule has 0 saturated carbocycles. The summed E-state index contributed by atoms with van der Waals surface area (Å²) in [6, 6.07) is 6.95. The van der Waals surface area contributed by atoms with Crippen LogP contribution in [0, 0.1) is 0 Å². The number of ether oxygens (including phenoxy) is 1. The fourth-order valence-corrected chi connectivity index (χ4v) is 3.24. The maximum atomic E-state index is 5.48. The molecule has 20 heavy (non-hydrogen) atoms. The first-order chi connectivity index (χ1) is 9.72. The van der Waals surface area contributed by atoms with E-state index in [0.29, 0.717) is 6.04 Å². The molecule has 1 unspecified atom stereocenters. The Morgan fingerprint density at radius 2 is 2.05 bits per heavy atom. The molecule has 0 heterocycles. The van der Waals surface area contributed by atoms with Gasteiger partial charge < -0.3 is 10.1 Å². The Bertz CT molecular complexity index is 381. The largest absolute Gasteiger partial charge is 0.496 e. The molecular formula is C17H29NOS. The second-order valence-corrected chi connectivity index (χ2v) is 6.22. The van der Waals surface area contributed by atoms with Crippen LogP contribution in [0.25, 0.3) is 0 Å². The first-order valence-electron chi connectivity index (χ1n) is 7.70. The fourth-order valence-electron chi connectivity index (χ4n) is 2.24. The van der Waals surface area contributed by atoms with E-state index in [1.807, 2.05) is 11.8 Å². The zero-order valence-corrected chi connectivity index (χ0v) is 14.2. The Morgan fingerprint density at radius 1 is 1.25 bits per heavy atom. The molecule has 1 aromatic carbocycles. The second-order valence-electron chi connectivity index (χ2n) is 5.11. The summed E-state index contributed by atoms with van der Waals surface area (Å²) in [6.07, 6.45) is 3.94. The van der Waals surface area contributed by atoms with E-state index in [-0.39, 0.29) is 0 Å². The van der Waals surface area contributed by atoms with Gasteiger partial charge >= 0.3 is 0 Å². The SMILES string of the molecule is CCCCCSCc1cc(C(C)NCC)ccc1OC. The van der Waals surface area contributed by atoms with E-state index in [1.54, 1.807) is 7.11 Å². The molecule has 0 spiro atoms. The van der Waals surface area contributed by atoms with Crippen molar-refractivity contribution in [2.75, 3.05) is 19.4 Å². The van der Waals surface area contributed by atoms with Gasteiger partial charge in [-0.25, -0.2) is 0 Å². The summed E-state index contributed by atoms with van der Waals surface area (Å²) >= 11 is 2.01. The molecule has 0 radical (unpaired) electrons. The first kappa shape index (κ1) is 17.4. The Labute approximate surface area is 128 Å². The summed E-state index contributed by atoms with van der Waals surface area (Å²) in [6.45, 7) is 7.60. The first-order valence-corrected chi connectivity index (χ1v) is 8.86. The third-order valence-corrected chi connectivity index (χ3v) is 4.56. The Hall–Kier alpha value is -0.670. The van der Waals surface area contributed by atoms with Crippen molar-refractivity contribution >= 4 is 11.8 Å². The van der Waals surface area contributed by atoms with Gasteiger partial charge in [0.05, 0.1) is 7.11 Å². The lowest BCUT2D eigenvalue weighted by atomic mass is 10.0. The predicted molar refractivity (Wildman–Crippen MR) is 90.8 cm³/mol. The van der Waals surface area contributed by atoms with Crippen molar-refractivity contribution in [1.29, 1.82) is 0 Å². The van der Waals surface area contributed by atoms with Gasteiger partial charge in [-0.05, 0) is 43.3 Å². The standard InChI is InChI=1S/C17H29NOS/c1-5-7-8-11-20-13-16-12-15(14(3)18-6-2)9-10-17(16)19-4/h9-10,12,14,18H,5-8,11,13H2,1-4H3. The molecule has 0 aliphatic carbocycles. The minimum Gasteiger partial charge on any atom is -0.496 e. The number of methoxy groups -OCH3 is 1. The van der Waals surface area contributed by atoms with Crippen LogP contribution in [0.3, 0.4) is 0 Å². The lowest BCUT2D eigenvalue weighted by Gasteiger charge is -2.16. The quantitative estimate of drug-likeness (QED) is 0.627. The highest BCUT2D eigenvalue weighted by Gasteiger charge is 2.09. The van der Waals surface area contributed by atoms with Crippen molar-refractivity contribution in [2.24, 2.45) is 0 Å². The topological polar surface area (TPSA) is 21.3 Å². The van der Waals surface area contributed by atoms with Crippen molar-refractivity contribution in [3.63, 3.8) is 0 Å². The zero-order valence-electron chi connectivity index (χ0n) is 13.4. The third kappa shape index (κ3) is 5.76. The van der Waals surface area contributed by atoms with Gasteiger partial charge in [0.25, 0.3) is 0 Å². The van der Waals surface area contributed by atoms with E-state index in [2.05, 4.69) is 44.3 Å². The Balaban J connectivity index is 2.63. The van der Waals surface area contributed by atoms with E-state index >= 15 is 0 Å². The summed E-state index contributed by atoms with van der Waals surface area (Å²) < 4.78 is 5.48. The minimum absolute atomic E-state index is 0.398. The van der Waals surface area contributed by atoms with Crippen LogP contribution in [-0.4, -0.2) is 19.4 Å². The number of nitrogens with one attached hydrogen (secondary N) is 1. The van der Waals surface area contributed by atoms with Crippen LogP contribution >= 0.6 is 11.8 Å². The lowest BCUT2D eigenvalue weighted by Crippen LogP contribution is -2.17. The maximum absolute atomic E-state index is 5.48. The Morgan fingerprint density at radius 3 is 2.70 bits per heavy atom. The molecule has 2 nitrogen and oxygen atoms in total. The van der Waals surface area contributed by atoms with Crippen molar-refractivity contribution in [2.45, 2.75) is 51.8 Å². The van der Waals surface area contributed by atoms with Gasteiger partial charge in [0.2, 0.25) is 0 Å². The molecular weight excluding hydrogens is 266 g/mol. The van der Waals surface area contributed by atoms with Gasteiger partial charge in [-0.3, -0.25) is 0 Å². The van der Waals surface area contributed by atoms with Gasteiger partial charge in [-0.1, -0.05) is 32.8 Å². The molecule has 1 aromatic rings. The van der Waals surface area contributed by atoms with Gasteiger partial charge in [-0.2, -0.15) is 11.8 Å². The molecule has 0 fully saturated rings. The fraction of sp³-hybridized carbons (Fsp3) is 0.647. The van der Waals surface area contributed by atoms with Crippen molar-refractivity contribution in [3.05, 3.63) is 29.3 Å². The van der Waals surface area contributed by atoms with E-state index < -0.39 is 0 Å². The summed E-state index contributed by atoms with van der Waals surface area (Å²) in [5.41, 5.74) is 2.66. The molecule has 3 heteroatoms. The van der Waals surface area contributed by atoms with Crippen LogP contribution in [0.2, 0.25) is 0 Å². The summed E-state index contributed by atoms with van der Waals surface area (Å²) in [5, 5.41) is 3.46. The van der Waals surface area contributed by atoms with Gasteiger partial charge in [0.1, 0.15) is 5.75 Å². The van der Waals surface area contributed by atoms with E-state index in [1.165, 1.54) is 36.1 Å². The van der Waals surface area contributed by atoms with Crippen molar-refractivity contribution in [1.82, 2.24) is 5.32 Å². The van der Waals surface area contributed by atoms with Gasteiger partial charge in [0, 0.05) is 17.4 Å². The highest BCUT2D eigenvalue weighted by Crippen LogP contribution is 2.27. The van der Waals surface area contributed by atoms with Crippen LogP contribution in [-0.2, 0) is 5.75 Å². The van der Waals surface area contributed by atoms with Crippen LogP contribution in [0.1, 0.15) is 57.2 Å². The average molecular weight is 295 g/mol. The van der Waals surface area contributed by atoms with Gasteiger partial charge in [0.15, 0.2) is 0 Å². The smallest absolute Gasteiger partial charge is 0.122 e. The number of benzene rings is 1. The molecule has 114 valence electrons. The highest BCUT2D eigenvalue weighted by molar-refractivity contribution is 7.98. The van der Waals surface area contributed by atoms with Crippen molar-refractivity contribution in [3.8, 4) is 5.75 Å². The highest BCUT2D eigenvalue weighted by atomic mass is 32.2. The normalized spacial score (nSPS) is 12.4. The predicted octanol–water partition coefficient (Wildman–Crippen LogP) is 4.79. The van der Waals surface area contributed by atoms with Crippen LogP contribution < -0.4 is 10.1 Å². The molecule has 0 aliphatic heterocycles. The third-order valence-electron chi connectivity index (χ3n) is 3.46. The average Bonchev–Trinajstić information content (AvgIpc) is 2.47. The lowest BCUT2D eigenvalue weighted by molar-refractivity contribution is 0.411. The Kier molecular flexibility index (Phi) is 8.79. The second kappa shape index (κ2) is 10.1. The number of unbranched alkanes of at least 4 members (excludes halogenated alkanes) is 2. The number of thioether (sulfide) groups is 1. The summed E-state index contributed by atoms with van der Waals surface area (Å²) in [4.78, 5) is 0. The van der Waals surface area contributed by atoms with E-state index in [0.717, 1.165) is 18.0 Å². The van der Waals surface area contributed by atoms with Gasteiger partial charge in [-0.15, -0.1) is 0 Å². The van der Waals surface area contributed by atoms with Crippen LogP contribution in [0.4, 0.5) is 0 Å². The molecule has 1 rings (SSSR count). The van der Waals surface area contributed by atoms with Crippen LogP contribution in [0.15, 0.2) is 18.2 Å². The maximum Gasteiger partial charge on any atom is 0.122 e. The van der Waals surface area contributed by atoms with E-state index in [4.69, 9.17) is 4.74 Å². The summed E-state index contributed by atoms with van der Waals surface area (Å²) in [7, 11) is 1.76. The molecule has 0 aliphatic rings. The summed E-state index contributed by atoms with van der Waals surface area (Å²) in [5.74, 6) is 3.30. The number of hydrogen-bond acceptors (Lipinski definition) is 3. The zero-order chi connectivity index (χ0) is 14.8. The van der Waals surface area contributed by atoms with E-state index in [9.17, 15) is 0 Å². The number of rotatable bonds is 10. The molecule has 1 atom stereocenters. The van der Waals surface area contributed by atoms with Crippen LogP contribution in [0.5, 0.6) is 5.75 Å². The monoisotopic (exact) mass is 295 g/mol. The molecule has 0 aromatic heterocycles. The van der Waals surface area contributed by atoms with Crippen molar-refractivity contribution < 1.29 is 4.74 Å². The minimum atomic E-state index is 0.398. The molecule has 0 saturated heterocycles. The molecule has 1 N–H and O–H groups in total. The molecule has 0 bridgehead atoms.